The van der Waals surface area contributed by atoms with Gasteiger partial charge in [-0.05, 0) is 46.0 Å². The van der Waals surface area contributed by atoms with E-state index < -0.39 is 0 Å². The lowest BCUT2D eigenvalue weighted by atomic mass is 9.93. The van der Waals surface area contributed by atoms with E-state index in [1.807, 2.05) is 30.1 Å². The van der Waals surface area contributed by atoms with E-state index in [-0.39, 0.29) is 12.1 Å². The van der Waals surface area contributed by atoms with Gasteiger partial charge < -0.3 is 10.6 Å². The van der Waals surface area contributed by atoms with Crippen LogP contribution in [0.5, 0.6) is 0 Å². The summed E-state index contributed by atoms with van der Waals surface area (Å²) in [5.41, 5.74) is 5.64. The molecular formula is C20H34N2O. The van der Waals surface area contributed by atoms with E-state index in [1.54, 1.807) is 0 Å². The van der Waals surface area contributed by atoms with Crippen molar-refractivity contribution in [1.82, 2.24) is 4.90 Å². The Labute approximate surface area is 142 Å². The van der Waals surface area contributed by atoms with Crippen LogP contribution in [0.3, 0.4) is 0 Å². The summed E-state index contributed by atoms with van der Waals surface area (Å²) in [6.45, 7) is 4.16. The van der Waals surface area contributed by atoms with Gasteiger partial charge in [-0.1, -0.05) is 62.1 Å². The summed E-state index contributed by atoms with van der Waals surface area (Å²) in [6.07, 6.45) is 22.9. The smallest absolute Gasteiger partial charge is 0.315 e. The average Bonchev–Trinajstić information content (AvgIpc) is 2.54. The zero-order valence-electron chi connectivity index (χ0n) is 14.9. The number of nitrogens with two attached hydrogens (primary N) is 1. The van der Waals surface area contributed by atoms with E-state index in [0.29, 0.717) is 6.04 Å². The normalized spacial score (nSPS) is 18.2. The summed E-state index contributed by atoms with van der Waals surface area (Å²) < 4.78 is 0. The zero-order valence-corrected chi connectivity index (χ0v) is 14.9. The van der Waals surface area contributed by atoms with Crippen molar-refractivity contribution in [3.63, 3.8) is 0 Å². The molecular weight excluding hydrogens is 284 g/mol. The molecule has 1 aliphatic carbocycles. The van der Waals surface area contributed by atoms with E-state index in [2.05, 4.69) is 25.2 Å². The molecule has 0 saturated heterocycles. The topological polar surface area (TPSA) is 46.3 Å². The van der Waals surface area contributed by atoms with Crippen LogP contribution >= 0.6 is 0 Å². The van der Waals surface area contributed by atoms with Crippen LogP contribution in [-0.2, 0) is 0 Å². The molecule has 1 fully saturated rings. The third-order valence-electron chi connectivity index (χ3n) is 4.60. The molecule has 1 saturated carbocycles. The minimum absolute atomic E-state index is 0.238. The van der Waals surface area contributed by atoms with Crippen molar-refractivity contribution in [2.24, 2.45) is 5.73 Å². The molecule has 1 unspecified atom stereocenters. The van der Waals surface area contributed by atoms with E-state index in [9.17, 15) is 4.79 Å². The van der Waals surface area contributed by atoms with Crippen LogP contribution in [-0.4, -0.2) is 23.0 Å². The maximum atomic E-state index is 11.8. The van der Waals surface area contributed by atoms with Crippen LogP contribution in [0.25, 0.3) is 0 Å². The average molecular weight is 319 g/mol. The minimum Gasteiger partial charge on any atom is -0.351 e. The molecule has 130 valence electrons. The van der Waals surface area contributed by atoms with Gasteiger partial charge in [0.25, 0.3) is 0 Å². The van der Waals surface area contributed by atoms with Gasteiger partial charge in [0.15, 0.2) is 0 Å². The van der Waals surface area contributed by atoms with E-state index in [0.717, 1.165) is 38.5 Å². The molecule has 0 aliphatic heterocycles. The first-order valence-corrected chi connectivity index (χ1v) is 9.19. The number of amides is 2. The number of carbonyl (C=O) groups excluding carboxylic acids is 1. The van der Waals surface area contributed by atoms with Crippen molar-refractivity contribution in [2.75, 3.05) is 0 Å². The van der Waals surface area contributed by atoms with Crippen LogP contribution in [0.1, 0.15) is 71.6 Å². The summed E-state index contributed by atoms with van der Waals surface area (Å²) in [4.78, 5) is 13.8. The van der Waals surface area contributed by atoms with Crippen molar-refractivity contribution in [2.45, 2.75) is 83.7 Å². The highest BCUT2D eigenvalue weighted by atomic mass is 16.2. The number of nitrogens with zero attached hydrogens (tertiary/aromatic N) is 1. The molecule has 1 aliphatic rings. The van der Waals surface area contributed by atoms with Gasteiger partial charge in [-0.15, -0.1) is 0 Å². The highest BCUT2D eigenvalue weighted by Crippen LogP contribution is 2.25. The molecule has 0 heterocycles. The van der Waals surface area contributed by atoms with Crippen molar-refractivity contribution >= 4 is 6.03 Å². The first-order valence-electron chi connectivity index (χ1n) is 9.19. The van der Waals surface area contributed by atoms with Crippen molar-refractivity contribution < 1.29 is 4.79 Å². The first-order chi connectivity index (χ1) is 11.2. The van der Waals surface area contributed by atoms with Crippen molar-refractivity contribution in [3.05, 3.63) is 36.5 Å². The summed E-state index contributed by atoms with van der Waals surface area (Å²) in [5.74, 6) is 0. The fourth-order valence-corrected chi connectivity index (χ4v) is 3.37. The number of unbranched alkanes of at least 4 members (excludes halogenated alkanes) is 2. The van der Waals surface area contributed by atoms with Gasteiger partial charge in [0.1, 0.15) is 0 Å². The number of hydrogen-bond donors (Lipinski definition) is 1. The van der Waals surface area contributed by atoms with Gasteiger partial charge in [-0.2, -0.15) is 0 Å². The number of urea groups is 1. The molecule has 0 spiro atoms. The first kappa shape index (κ1) is 19.5. The molecule has 23 heavy (non-hydrogen) atoms. The Morgan fingerprint density at radius 2 is 1.83 bits per heavy atom. The number of primary amides is 1. The molecule has 0 aromatic heterocycles. The molecule has 1 rings (SSSR count). The summed E-state index contributed by atoms with van der Waals surface area (Å²) >= 11 is 0. The van der Waals surface area contributed by atoms with Gasteiger partial charge >= 0.3 is 6.03 Å². The molecule has 2 N–H and O–H groups in total. The Kier molecular flexibility index (Phi) is 10.2. The van der Waals surface area contributed by atoms with E-state index in [1.165, 1.54) is 19.3 Å². The molecule has 0 aromatic carbocycles. The number of hydrogen-bond acceptors (Lipinski definition) is 1. The largest absolute Gasteiger partial charge is 0.351 e. The second kappa shape index (κ2) is 12.0. The second-order valence-electron chi connectivity index (χ2n) is 6.51. The monoisotopic (exact) mass is 318 g/mol. The predicted octanol–water partition coefficient (Wildman–Crippen LogP) is 5.34. The van der Waals surface area contributed by atoms with Gasteiger partial charge in [0.05, 0.1) is 0 Å². The SMILES string of the molecule is CC=CC=CC=CCCCCC(C)N(C(N)=O)C1CCCCC1. The summed E-state index contributed by atoms with van der Waals surface area (Å²) in [5, 5.41) is 0. The molecule has 1 atom stereocenters. The predicted molar refractivity (Wildman–Crippen MR) is 99.3 cm³/mol. The highest BCUT2D eigenvalue weighted by Gasteiger charge is 2.27. The van der Waals surface area contributed by atoms with Crippen LogP contribution < -0.4 is 5.73 Å². The van der Waals surface area contributed by atoms with E-state index in [4.69, 9.17) is 5.73 Å². The number of allylic oxidation sites excluding steroid dienone is 6. The Bertz CT molecular complexity index is 406. The Balaban J connectivity index is 2.27. The lowest BCUT2D eigenvalue weighted by molar-refractivity contribution is 0.131. The van der Waals surface area contributed by atoms with Crippen LogP contribution in [0.4, 0.5) is 4.79 Å². The van der Waals surface area contributed by atoms with Gasteiger partial charge in [-0.25, -0.2) is 4.79 Å². The van der Waals surface area contributed by atoms with Gasteiger partial charge in [0, 0.05) is 12.1 Å². The standard InChI is InChI=1S/C20H34N2O/c1-3-4-5-6-7-8-9-10-12-15-18(2)22(20(21)23)19-16-13-11-14-17-19/h3-8,18-19H,9-17H2,1-2H3,(H2,21,23). The van der Waals surface area contributed by atoms with Crippen molar-refractivity contribution in [3.8, 4) is 0 Å². The lowest BCUT2D eigenvalue weighted by Gasteiger charge is -2.37. The third kappa shape index (κ3) is 8.06. The van der Waals surface area contributed by atoms with Crippen LogP contribution in [0, 0.1) is 0 Å². The Morgan fingerprint density at radius 3 is 2.48 bits per heavy atom. The van der Waals surface area contributed by atoms with Crippen LogP contribution in [0.2, 0.25) is 0 Å². The fourth-order valence-electron chi connectivity index (χ4n) is 3.37. The lowest BCUT2D eigenvalue weighted by Crippen LogP contribution is -2.49. The fraction of sp³-hybridized carbons (Fsp3) is 0.650. The maximum Gasteiger partial charge on any atom is 0.315 e. The minimum atomic E-state index is -0.238. The summed E-state index contributed by atoms with van der Waals surface area (Å²) in [6, 6.07) is 0.389. The van der Waals surface area contributed by atoms with Gasteiger partial charge in [-0.3, -0.25) is 0 Å². The molecule has 3 nitrogen and oxygen atoms in total. The Morgan fingerprint density at radius 1 is 1.13 bits per heavy atom. The summed E-state index contributed by atoms with van der Waals surface area (Å²) in [7, 11) is 0. The Hall–Kier alpha value is -1.51. The molecule has 0 radical (unpaired) electrons. The second-order valence-corrected chi connectivity index (χ2v) is 6.51. The third-order valence-corrected chi connectivity index (χ3v) is 4.60. The van der Waals surface area contributed by atoms with E-state index >= 15 is 0 Å². The highest BCUT2D eigenvalue weighted by molar-refractivity contribution is 5.72. The van der Waals surface area contributed by atoms with Crippen molar-refractivity contribution in [1.29, 1.82) is 0 Å². The number of rotatable bonds is 9. The molecule has 0 bridgehead atoms. The molecule has 2 amide bonds. The van der Waals surface area contributed by atoms with Crippen LogP contribution in [0.15, 0.2) is 36.5 Å². The zero-order chi connectivity index (χ0) is 16.9. The molecule has 3 heteroatoms. The quantitative estimate of drug-likeness (QED) is 0.453. The number of carbonyl (C=O) groups is 1. The van der Waals surface area contributed by atoms with Gasteiger partial charge in [0.2, 0.25) is 0 Å². The maximum absolute atomic E-state index is 11.8. The molecule has 0 aromatic rings.